The van der Waals surface area contributed by atoms with Gasteiger partial charge in [-0.15, -0.1) is 0 Å². The number of ether oxygens (including phenoxy) is 1. The maximum Gasteiger partial charge on any atom is 0.337 e. The van der Waals surface area contributed by atoms with Crippen molar-refractivity contribution in [2.75, 3.05) is 12.4 Å². The number of nitrogens with one attached hydrogen (secondary N) is 1. The molecule has 38 heavy (non-hydrogen) atoms. The predicted octanol–water partition coefficient (Wildman–Crippen LogP) is 4.67. The van der Waals surface area contributed by atoms with Gasteiger partial charge in [-0.05, 0) is 53.6 Å². The Morgan fingerprint density at radius 3 is 2.47 bits per heavy atom. The highest BCUT2D eigenvalue weighted by Crippen LogP contribution is 2.37. The first-order valence-corrected chi connectivity index (χ1v) is 11.9. The lowest BCUT2D eigenvalue weighted by molar-refractivity contribution is -0.115. The third-order valence-electron chi connectivity index (χ3n) is 6.62. The van der Waals surface area contributed by atoms with E-state index < -0.39 is 11.9 Å². The van der Waals surface area contributed by atoms with Crippen LogP contribution in [0.3, 0.4) is 0 Å². The topological polar surface area (TPSA) is 111 Å². The van der Waals surface area contributed by atoms with Gasteiger partial charge in [0.05, 0.1) is 36.5 Å². The van der Waals surface area contributed by atoms with Crippen molar-refractivity contribution in [2.45, 2.75) is 5.92 Å². The third kappa shape index (κ3) is 4.09. The molecule has 3 heterocycles. The second kappa shape index (κ2) is 9.36. The van der Waals surface area contributed by atoms with Crippen LogP contribution in [0.1, 0.15) is 27.4 Å². The van der Waals surface area contributed by atoms with E-state index in [1.807, 2.05) is 60.3 Å². The molecule has 0 bridgehead atoms. The number of methoxy groups -OCH3 is 1. The number of aryl methyl sites for hydroxylation is 1. The molecule has 1 amide bonds. The van der Waals surface area contributed by atoms with E-state index in [0.717, 1.165) is 33.3 Å². The van der Waals surface area contributed by atoms with Crippen molar-refractivity contribution in [2.24, 2.45) is 12.0 Å². The lowest BCUT2D eigenvalue weighted by Gasteiger charge is -2.15. The van der Waals surface area contributed by atoms with Gasteiger partial charge in [-0.25, -0.2) is 9.78 Å². The Balaban J connectivity index is 1.47. The average Bonchev–Trinajstić information content (AvgIpc) is 3.52. The minimum atomic E-state index is -0.682. The van der Waals surface area contributed by atoms with E-state index in [2.05, 4.69) is 20.5 Å². The van der Waals surface area contributed by atoms with Crippen LogP contribution in [0.5, 0.6) is 0 Å². The van der Waals surface area contributed by atoms with Crippen molar-refractivity contribution in [1.29, 1.82) is 0 Å². The molecular weight excluding hydrogens is 480 g/mol. The number of hydrogen-bond acceptors (Lipinski definition) is 7. The molecule has 5 aromatic rings. The zero-order valence-electron chi connectivity index (χ0n) is 20.6. The van der Waals surface area contributed by atoms with Gasteiger partial charge in [-0.1, -0.05) is 18.2 Å². The van der Waals surface area contributed by atoms with E-state index in [4.69, 9.17) is 9.73 Å². The van der Waals surface area contributed by atoms with Gasteiger partial charge in [0, 0.05) is 41.5 Å². The number of amides is 1. The van der Waals surface area contributed by atoms with Gasteiger partial charge in [-0.3, -0.25) is 9.79 Å². The molecule has 0 aliphatic carbocycles. The van der Waals surface area contributed by atoms with E-state index in [-0.39, 0.29) is 5.91 Å². The Hall–Kier alpha value is -5.18. The number of anilines is 1. The fourth-order valence-corrected chi connectivity index (χ4v) is 4.70. The van der Waals surface area contributed by atoms with Crippen LogP contribution in [0, 0.1) is 0 Å². The number of esters is 1. The van der Waals surface area contributed by atoms with E-state index >= 15 is 0 Å². The molecule has 0 saturated carbocycles. The van der Waals surface area contributed by atoms with Crippen LogP contribution in [-0.2, 0) is 16.6 Å². The Kier molecular flexibility index (Phi) is 5.72. The number of fused-ring (bicyclic) bond motifs is 2. The number of aromatic nitrogens is 4. The van der Waals surface area contributed by atoms with E-state index in [0.29, 0.717) is 22.6 Å². The monoisotopic (exact) mass is 502 g/mol. The molecule has 0 radical (unpaired) electrons. The highest BCUT2D eigenvalue weighted by molar-refractivity contribution is 6.24. The van der Waals surface area contributed by atoms with Gasteiger partial charge in [0.2, 0.25) is 5.91 Å². The minimum Gasteiger partial charge on any atom is -0.465 e. The van der Waals surface area contributed by atoms with Crippen molar-refractivity contribution < 1.29 is 14.3 Å². The summed E-state index contributed by atoms with van der Waals surface area (Å²) < 4.78 is 6.79. The molecule has 1 atom stereocenters. The van der Waals surface area contributed by atoms with E-state index in [1.54, 1.807) is 36.8 Å². The van der Waals surface area contributed by atoms with Gasteiger partial charge in [0.25, 0.3) is 0 Å². The smallest absolute Gasteiger partial charge is 0.337 e. The number of rotatable bonds is 5. The van der Waals surface area contributed by atoms with Crippen LogP contribution in [0.15, 0.2) is 90.4 Å². The summed E-state index contributed by atoms with van der Waals surface area (Å²) in [6.07, 6.45) is 7.03. The number of carbonyl (C=O) groups is 2. The van der Waals surface area contributed by atoms with Gasteiger partial charge in [0.1, 0.15) is 11.7 Å². The summed E-state index contributed by atoms with van der Waals surface area (Å²) in [5.41, 5.74) is 4.67. The Morgan fingerprint density at radius 1 is 0.974 bits per heavy atom. The standard InChI is InChI=1S/C29H22N6O3/c1-35-12-11-30-27(35)17-5-8-22(9-6-17)33-26(18-3-4-20-15-31-32-16-21(20)13-18)25-23-10-7-19(29(37)38-2)14-24(23)34-28(25)36/h3-16,25H,1-2H3,(H,34,36). The molecule has 0 spiro atoms. The summed E-state index contributed by atoms with van der Waals surface area (Å²) in [6, 6.07) is 18.6. The largest absolute Gasteiger partial charge is 0.465 e. The third-order valence-corrected chi connectivity index (χ3v) is 6.62. The van der Waals surface area contributed by atoms with E-state index in [9.17, 15) is 9.59 Å². The Bertz CT molecular complexity index is 1740. The van der Waals surface area contributed by atoms with Gasteiger partial charge in [-0.2, -0.15) is 10.2 Å². The van der Waals surface area contributed by atoms with Crippen LogP contribution in [0.4, 0.5) is 11.4 Å². The number of benzene rings is 3. The Labute approximate surface area is 217 Å². The number of aliphatic imine (C=N–C) groups is 1. The molecule has 1 aliphatic heterocycles. The SMILES string of the molecule is COC(=O)c1ccc2c(c1)NC(=O)C2C(=Nc1ccc(-c2nccn2C)cc1)c1ccc2cnncc2c1. The molecule has 1 N–H and O–H groups in total. The summed E-state index contributed by atoms with van der Waals surface area (Å²) in [5.74, 6) is -0.527. The molecule has 186 valence electrons. The molecule has 0 fully saturated rings. The van der Waals surface area contributed by atoms with Crippen molar-refractivity contribution in [1.82, 2.24) is 19.7 Å². The fraction of sp³-hybridized carbons (Fsp3) is 0.103. The number of carbonyl (C=O) groups excluding carboxylic acids is 2. The van der Waals surface area contributed by atoms with Crippen molar-refractivity contribution in [3.8, 4) is 11.4 Å². The molecule has 1 unspecified atom stereocenters. The summed E-state index contributed by atoms with van der Waals surface area (Å²) in [4.78, 5) is 34.8. The van der Waals surface area contributed by atoms with Crippen molar-refractivity contribution >= 4 is 39.7 Å². The first kappa shape index (κ1) is 23.2. The highest BCUT2D eigenvalue weighted by atomic mass is 16.5. The lowest BCUT2D eigenvalue weighted by atomic mass is 9.89. The molecular formula is C29H22N6O3. The summed E-state index contributed by atoms with van der Waals surface area (Å²) in [6.45, 7) is 0. The number of nitrogens with zero attached hydrogens (tertiary/aromatic N) is 5. The molecule has 0 saturated heterocycles. The number of imidazole rings is 1. The average molecular weight is 503 g/mol. The Morgan fingerprint density at radius 2 is 1.74 bits per heavy atom. The van der Waals surface area contributed by atoms with Crippen molar-refractivity contribution in [3.63, 3.8) is 0 Å². The minimum absolute atomic E-state index is 0.224. The van der Waals surface area contributed by atoms with Crippen LogP contribution in [0.2, 0.25) is 0 Å². The molecule has 9 nitrogen and oxygen atoms in total. The molecule has 1 aliphatic rings. The summed E-state index contributed by atoms with van der Waals surface area (Å²) >= 11 is 0. The van der Waals surface area contributed by atoms with E-state index in [1.165, 1.54) is 7.11 Å². The second-order valence-corrected chi connectivity index (χ2v) is 8.95. The fourth-order valence-electron chi connectivity index (χ4n) is 4.70. The molecule has 9 heteroatoms. The van der Waals surface area contributed by atoms with Gasteiger partial charge < -0.3 is 14.6 Å². The molecule has 3 aromatic carbocycles. The molecule has 2 aromatic heterocycles. The number of hydrogen-bond donors (Lipinski definition) is 1. The van der Waals surface area contributed by atoms with Crippen LogP contribution in [0.25, 0.3) is 22.2 Å². The molecule has 6 rings (SSSR count). The van der Waals surface area contributed by atoms with Crippen LogP contribution >= 0.6 is 0 Å². The van der Waals surface area contributed by atoms with Gasteiger partial charge in [0.15, 0.2) is 0 Å². The predicted molar refractivity (Wildman–Crippen MR) is 144 cm³/mol. The lowest BCUT2D eigenvalue weighted by Crippen LogP contribution is -2.22. The quantitative estimate of drug-likeness (QED) is 0.276. The van der Waals surface area contributed by atoms with Crippen molar-refractivity contribution in [3.05, 3.63) is 102 Å². The first-order chi connectivity index (χ1) is 18.5. The maximum atomic E-state index is 13.4. The summed E-state index contributed by atoms with van der Waals surface area (Å²) in [5, 5.41) is 12.7. The zero-order chi connectivity index (χ0) is 26.2. The highest BCUT2D eigenvalue weighted by Gasteiger charge is 2.36. The maximum absolute atomic E-state index is 13.4. The second-order valence-electron chi connectivity index (χ2n) is 8.95. The normalized spacial score (nSPS) is 14.8. The van der Waals surface area contributed by atoms with Crippen LogP contribution in [-0.4, -0.2) is 44.4 Å². The van der Waals surface area contributed by atoms with Gasteiger partial charge >= 0.3 is 5.97 Å². The zero-order valence-corrected chi connectivity index (χ0v) is 20.6. The van der Waals surface area contributed by atoms with Crippen LogP contribution < -0.4 is 5.32 Å². The first-order valence-electron chi connectivity index (χ1n) is 11.9. The summed E-state index contributed by atoms with van der Waals surface area (Å²) in [7, 11) is 3.27.